The van der Waals surface area contributed by atoms with Crippen molar-refractivity contribution < 1.29 is 17.9 Å². The Labute approximate surface area is 195 Å². The number of ether oxygens (including phenoxy) is 2. The SMILES string of the molecule is CCOc1cc([C@H](CS(C)(=O)=O)n2c(=O)[nH]c3cc(-n4ccccc4=O)cnc32)ccc1OC. The maximum Gasteiger partial charge on any atom is 0.328 e. The maximum absolute atomic E-state index is 13.0. The number of nitrogens with one attached hydrogen (secondary N) is 1. The van der Waals surface area contributed by atoms with Gasteiger partial charge in [-0.1, -0.05) is 12.1 Å². The number of sulfone groups is 1. The second-order valence-electron chi connectivity index (χ2n) is 7.73. The van der Waals surface area contributed by atoms with Gasteiger partial charge < -0.3 is 14.5 Å². The number of aromatic amines is 1. The van der Waals surface area contributed by atoms with E-state index in [4.69, 9.17) is 9.47 Å². The highest BCUT2D eigenvalue weighted by molar-refractivity contribution is 7.90. The Morgan fingerprint density at radius 1 is 1.12 bits per heavy atom. The molecule has 0 radical (unpaired) electrons. The molecule has 0 aliphatic heterocycles. The predicted molar refractivity (Wildman–Crippen MR) is 128 cm³/mol. The first-order valence-electron chi connectivity index (χ1n) is 10.5. The molecule has 4 aromatic rings. The molecule has 178 valence electrons. The molecule has 0 aliphatic carbocycles. The second kappa shape index (κ2) is 9.18. The highest BCUT2D eigenvalue weighted by atomic mass is 32.2. The van der Waals surface area contributed by atoms with Crippen molar-refractivity contribution >= 4 is 21.0 Å². The quantitative estimate of drug-likeness (QED) is 0.405. The van der Waals surface area contributed by atoms with Crippen LogP contribution in [0, 0.1) is 0 Å². The van der Waals surface area contributed by atoms with E-state index in [0.717, 1.165) is 6.26 Å². The fraction of sp³-hybridized carbons (Fsp3) is 0.261. The van der Waals surface area contributed by atoms with Crippen molar-refractivity contribution in [2.45, 2.75) is 13.0 Å². The summed E-state index contributed by atoms with van der Waals surface area (Å²) in [4.78, 5) is 32.4. The number of methoxy groups -OCH3 is 1. The lowest BCUT2D eigenvalue weighted by molar-refractivity contribution is 0.310. The molecule has 0 amide bonds. The van der Waals surface area contributed by atoms with E-state index in [1.165, 1.54) is 28.5 Å². The summed E-state index contributed by atoms with van der Waals surface area (Å²) in [5.74, 6) is 0.595. The number of hydrogen-bond donors (Lipinski definition) is 1. The highest BCUT2D eigenvalue weighted by Crippen LogP contribution is 2.32. The van der Waals surface area contributed by atoms with Crippen molar-refractivity contribution in [3.8, 4) is 17.2 Å². The fourth-order valence-corrected chi connectivity index (χ4v) is 4.75. The van der Waals surface area contributed by atoms with Gasteiger partial charge in [0, 0.05) is 18.5 Å². The summed E-state index contributed by atoms with van der Waals surface area (Å²) in [6.07, 6.45) is 4.17. The molecular weight excluding hydrogens is 460 g/mol. The molecule has 0 spiro atoms. The molecule has 0 saturated heterocycles. The van der Waals surface area contributed by atoms with Crippen LogP contribution in [0.4, 0.5) is 0 Å². The molecule has 0 bridgehead atoms. The molecule has 3 heterocycles. The average molecular weight is 485 g/mol. The van der Waals surface area contributed by atoms with E-state index in [1.54, 1.807) is 42.6 Å². The van der Waals surface area contributed by atoms with E-state index < -0.39 is 21.6 Å². The van der Waals surface area contributed by atoms with Crippen molar-refractivity contribution in [3.05, 3.63) is 81.3 Å². The average Bonchev–Trinajstić information content (AvgIpc) is 3.12. The smallest absolute Gasteiger partial charge is 0.328 e. The van der Waals surface area contributed by atoms with Gasteiger partial charge in [-0.2, -0.15) is 0 Å². The number of pyridine rings is 2. The normalized spacial score (nSPS) is 12.6. The van der Waals surface area contributed by atoms with E-state index in [1.807, 2.05) is 6.92 Å². The summed E-state index contributed by atoms with van der Waals surface area (Å²) in [5.41, 5.74) is 0.872. The predicted octanol–water partition coefficient (Wildman–Crippen LogP) is 1.92. The molecule has 1 N–H and O–H groups in total. The monoisotopic (exact) mass is 484 g/mol. The largest absolute Gasteiger partial charge is 0.493 e. The Morgan fingerprint density at radius 3 is 2.59 bits per heavy atom. The van der Waals surface area contributed by atoms with E-state index >= 15 is 0 Å². The Morgan fingerprint density at radius 2 is 1.91 bits per heavy atom. The first-order valence-corrected chi connectivity index (χ1v) is 12.5. The van der Waals surface area contributed by atoms with E-state index in [0.29, 0.717) is 34.9 Å². The Kier molecular flexibility index (Phi) is 6.29. The van der Waals surface area contributed by atoms with Crippen LogP contribution in [-0.4, -0.2) is 53.2 Å². The number of nitrogens with zero attached hydrogens (tertiary/aromatic N) is 3. The zero-order valence-corrected chi connectivity index (χ0v) is 19.7. The lowest BCUT2D eigenvalue weighted by atomic mass is 10.1. The van der Waals surface area contributed by atoms with Gasteiger partial charge in [-0.3, -0.25) is 13.9 Å². The van der Waals surface area contributed by atoms with Crippen LogP contribution in [-0.2, 0) is 9.84 Å². The lowest BCUT2D eigenvalue weighted by Gasteiger charge is -2.20. The summed E-state index contributed by atoms with van der Waals surface area (Å²) in [7, 11) is -1.99. The van der Waals surface area contributed by atoms with Gasteiger partial charge in [0.1, 0.15) is 9.84 Å². The molecule has 3 aromatic heterocycles. The van der Waals surface area contributed by atoms with Crippen molar-refractivity contribution in [1.82, 2.24) is 19.1 Å². The van der Waals surface area contributed by atoms with Crippen molar-refractivity contribution in [2.24, 2.45) is 0 Å². The Bertz CT molecular complexity index is 1570. The van der Waals surface area contributed by atoms with Crippen LogP contribution in [0.5, 0.6) is 11.5 Å². The van der Waals surface area contributed by atoms with Crippen molar-refractivity contribution in [3.63, 3.8) is 0 Å². The summed E-state index contributed by atoms with van der Waals surface area (Å²) < 4.78 is 38.3. The molecule has 0 aliphatic rings. The topological polar surface area (TPSA) is 125 Å². The third kappa shape index (κ3) is 4.60. The van der Waals surface area contributed by atoms with Gasteiger partial charge in [0.25, 0.3) is 5.56 Å². The molecule has 1 aromatic carbocycles. The first kappa shape index (κ1) is 23.3. The minimum absolute atomic E-state index is 0.248. The van der Waals surface area contributed by atoms with Crippen molar-refractivity contribution in [1.29, 1.82) is 0 Å². The molecule has 0 saturated carbocycles. The zero-order valence-electron chi connectivity index (χ0n) is 18.9. The molecule has 0 unspecified atom stereocenters. The molecule has 10 nitrogen and oxygen atoms in total. The molecule has 1 atom stereocenters. The van der Waals surface area contributed by atoms with Crippen LogP contribution in [0.1, 0.15) is 18.5 Å². The lowest BCUT2D eigenvalue weighted by Crippen LogP contribution is -2.28. The molecule has 34 heavy (non-hydrogen) atoms. The van der Waals surface area contributed by atoms with Gasteiger partial charge in [-0.05, 0) is 36.8 Å². The molecule has 11 heteroatoms. The number of benzene rings is 1. The fourth-order valence-electron chi connectivity index (χ4n) is 3.84. The number of hydrogen-bond acceptors (Lipinski definition) is 7. The minimum Gasteiger partial charge on any atom is -0.493 e. The molecule has 4 rings (SSSR count). The third-order valence-electron chi connectivity index (χ3n) is 5.29. The third-order valence-corrected chi connectivity index (χ3v) is 6.21. The van der Waals surface area contributed by atoms with E-state index in [2.05, 4.69) is 9.97 Å². The van der Waals surface area contributed by atoms with Gasteiger partial charge in [-0.25, -0.2) is 18.2 Å². The van der Waals surface area contributed by atoms with Crippen LogP contribution < -0.4 is 20.7 Å². The number of H-pyrrole nitrogens is 1. The van der Waals surface area contributed by atoms with Gasteiger partial charge in [0.15, 0.2) is 17.1 Å². The number of aromatic nitrogens is 4. The van der Waals surface area contributed by atoms with Crippen LogP contribution in [0.15, 0.2) is 64.4 Å². The summed E-state index contributed by atoms with van der Waals surface area (Å²) >= 11 is 0. The molecular formula is C23H24N4O6S. The Hall–Kier alpha value is -3.86. The highest BCUT2D eigenvalue weighted by Gasteiger charge is 2.25. The van der Waals surface area contributed by atoms with Gasteiger partial charge in [0.05, 0.1) is 42.9 Å². The summed E-state index contributed by atoms with van der Waals surface area (Å²) in [5, 5.41) is 0. The summed E-state index contributed by atoms with van der Waals surface area (Å²) in [6, 6.07) is 10.5. The first-order chi connectivity index (χ1) is 16.2. The zero-order chi connectivity index (χ0) is 24.5. The second-order valence-corrected chi connectivity index (χ2v) is 9.91. The Balaban J connectivity index is 1.90. The van der Waals surface area contributed by atoms with E-state index in [9.17, 15) is 18.0 Å². The van der Waals surface area contributed by atoms with Crippen LogP contribution in [0.25, 0.3) is 16.9 Å². The van der Waals surface area contributed by atoms with Crippen LogP contribution in [0.2, 0.25) is 0 Å². The van der Waals surface area contributed by atoms with Crippen LogP contribution >= 0.6 is 0 Å². The number of fused-ring (bicyclic) bond motifs is 1. The van der Waals surface area contributed by atoms with Crippen LogP contribution in [0.3, 0.4) is 0 Å². The van der Waals surface area contributed by atoms with E-state index in [-0.39, 0.29) is 17.0 Å². The summed E-state index contributed by atoms with van der Waals surface area (Å²) in [6.45, 7) is 2.20. The maximum atomic E-state index is 13.0. The number of imidazole rings is 1. The van der Waals surface area contributed by atoms with Crippen molar-refractivity contribution in [2.75, 3.05) is 25.7 Å². The molecule has 0 fully saturated rings. The minimum atomic E-state index is -3.50. The van der Waals surface area contributed by atoms with Gasteiger partial charge in [-0.15, -0.1) is 0 Å². The number of rotatable bonds is 8. The van der Waals surface area contributed by atoms with Gasteiger partial charge in [0.2, 0.25) is 0 Å². The standard InChI is InChI=1S/C23H24N4O6S/c1-4-33-20-11-15(8-9-19(20)32-2)18(14-34(3,30)31)27-22-17(25-23(27)29)12-16(13-24-22)26-10-6-5-7-21(26)28/h5-13,18H,4,14H2,1-3H3,(H,25,29)/t18-/m0/s1. The van der Waals surface area contributed by atoms with Gasteiger partial charge >= 0.3 is 5.69 Å².